The van der Waals surface area contributed by atoms with E-state index in [0.717, 1.165) is 0 Å². The first kappa shape index (κ1) is 20.5. The Morgan fingerprint density at radius 1 is 1.14 bits per heavy atom. The molecule has 3 aromatic rings. The zero-order valence-electron chi connectivity index (χ0n) is 16.2. The Morgan fingerprint density at radius 3 is 2.62 bits per heavy atom. The third-order valence-corrected chi connectivity index (χ3v) is 4.78. The van der Waals surface area contributed by atoms with E-state index < -0.39 is 5.91 Å². The lowest BCUT2D eigenvalue weighted by atomic mass is 10.1. The van der Waals surface area contributed by atoms with Gasteiger partial charge in [0.1, 0.15) is 6.54 Å². The Bertz CT molecular complexity index is 1120. The number of amides is 2. The standard InChI is InChI=1S/C21H21ClN4O3/c1-3-25(4-2)20(28)14-6-5-7-16(10-14)24-19(27)12-26-13-23-18-11-15(22)8-9-17(18)21(26)29/h5-11,13H,3-4,12H2,1-2H3,(H,24,27). The SMILES string of the molecule is CCN(CC)C(=O)c1cccc(NC(=O)Cn2cnc3cc(Cl)ccc3c2=O)c1. The van der Waals surface area contributed by atoms with Crippen LogP contribution in [0.25, 0.3) is 10.9 Å². The third kappa shape index (κ3) is 4.63. The summed E-state index contributed by atoms with van der Waals surface area (Å²) in [7, 11) is 0. The van der Waals surface area contributed by atoms with Crippen molar-refractivity contribution >= 4 is 40.0 Å². The molecule has 2 aromatic carbocycles. The highest BCUT2D eigenvalue weighted by Crippen LogP contribution is 2.15. The number of nitrogens with zero attached hydrogens (tertiary/aromatic N) is 3. The first-order valence-corrected chi connectivity index (χ1v) is 9.64. The maximum absolute atomic E-state index is 12.6. The fourth-order valence-electron chi connectivity index (χ4n) is 3.02. The molecule has 1 N–H and O–H groups in total. The van der Waals surface area contributed by atoms with Crippen molar-refractivity contribution in [3.8, 4) is 0 Å². The van der Waals surface area contributed by atoms with Crippen molar-refractivity contribution in [2.45, 2.75) is 20.4 Å². The van der Waals surface area contributed by atoms with Gasteiger partial charge in [0, 0.05) is 29.4 Å². The van der Waals surface area contributed by atoms with Crippen LogP contribution in [0.3, 0.4) is 0 Å². The number of carbonyl (C=O) groups is 2. The average Bonchev–Trinajstić information content (AvgIpc) is 2.71. The predicted molar refractivity (Wildman–Crippen MR) is 113 cm³/mol. The van der Waals surface area contributed by atoms with Gasteiger partial charge in [-0.1, -0.05) is 17.7 Å². The molecule has 0 atom stereocenters. The molecule has 3 rings (SSSR count). The molecule has 0 aliphatic heterocycles. The third-order valence-electron chi connectivity index (χ3n) is 4.55. The summed E-state index contributed by atoms with van der Waals surface area (Å²) in [5, 5.41) is 3.60. The minimum Gasteiger partial charge on any atom is -0.339 e. The second-order valence-corrected chi connectivity index (χ2v) is 6.88. The van der Waals surface area contributed by atoms with Crippen LogP contribution in [-0.4, -0.2) is 39.4 Å². The van der Waals surface area contributed by atoms with Crippen LogP contribution < -0.4 is 10.9 Å². The molecular formula is C21H21ClN4O3. The summed E-state index contributed by atoms with van der Waals surface area (Å²) in [4.78, 5) is 43.4. The van der Waals surface area contributed by atoms with Crippen LogP contribution in [0.1, 0.15) is 24.2 Å². The molecule has 0 aliphatic rings. The van der Waals surface area contributed by atoms with Gasteiger partial charge in [-0.05, 0) is 50.2 Å². The summed E-state index contributed by atoms with van der Waals surface area (Å²) in [6, 6.07) is 11.5. The molecule has 0 saturated carbocycles. The highest BCUT2D eigenvalue weighted by molar-refractivity contribution is 6.31. The summed E-state index contributed by atoms with van der Waals surface area (Å²) in [5.41, 5.74) is 1.13. The second-order valence-electron chi connectivity index (χ2n) is 6.45. The number of carbonyl (C=O) groups excluding carboxylic acids is 2. The molecule has 2 amide bonds. The van der Waals surface area contributed by atoms with Crippen molar-refractivity contribution in [1.82, 2.24) is 14.5 Å². The predicted octanol–water partition coefficient (Wildman–Crippen LogP) is 3.17. The lowest BCUT2D eigenvalue weighted by Crippen LogP contribution is -2.30. The molecule has 0 spiro atoms. The van der Waals surface area contributed by atoms with Crippen molar-refractivity contribution < 1.29 is 9.59 Å². The van der Waals surface area contributed by atoms with E-state index in [4.69, 9.17) is 11.6 Å². The fourth-order valence-corrected chi connectivity index (χ4v) is 3.19. The monoisotopic (exact) mass is 412 g/mol. The number of halogens is 1. The molecule has 0 aliphatic carbocycles. The largest absolute Gasteiger partial charge is 0.339 e. The van der Waals surface area contributed by atoms with E-state index >= 15 is 0 Å². The number of rotatable bonds is 6. The average molecular weight is 413 g/mol. The molecule has 8 heteroatoms. The summed E-state index contributed by atoms with van der Waals surface area (Å²) in [5.74, 6) is -0.491. The van der Waals surface area contributed by atoms with Crippen molar-refractivity contribution in [3.05, 3.63) is 69.7 Å². The number of hydrogen-bond acceptors (Lipinski definition) is 4. The van der Waals surface area contributed by atoms with Gasteiger partial charge in [-0.2, -0.15) is 0 Å². The first-order valence-electron chi connectivity index (χ1n) is 9.26. The molecule has 0 bridgehead atoms. The zero-order valence-corrected chi connectivity index (χ0v) is 16.9. The molecule has 1 aromatic heterocycles. The summed E-state index contributed by atoms with van der Waals surface area (Å²) >= 11 is 5.92. The van der Waals surface area contributed by atoms with Crippen molar-refractivity contribution in [2.24, 2.45) is 0 Å². The van der Waals surface area contributed by atoms with E-state index in [2.05, 4.69) is 10.3 Å². The molecule has 1 heterocycles. The lowest BCUT2D eigenvalue weighted by Gasteiger charge is -2.19. The van der Waals surface area contributed by atoms with Crippen molar-refractivity contribution in [3.63, 3.8) is 0 Å². The maximum atomic E-state index is 12.6. The fraction of sp³-hybridized carbons (Fsp3) is 0.238. The van der Waals surface area contributed by atoms with Crippen LogP contribution in [0.2, 0.25) is 5.02 Å². The van der Waals surface area contributed by atoms with Gasteiger partial charge in [-0.25, -0.2) is 4.98 Å². The number of fused-ring (bicyclic) bond motifs is 1. The van der Waals surface area contributed by atoms with Crippen molar-refractivity contribution in [1.29, 1.82) is 0 Å². The number of hydrogen-bond donors (Lipinski definition) is 1. The van der Waals surface area contributed by atoms with Crippen LogP contribution in [0, 0.1) is 0 Å². The van der Waals surface area contributed by atoms with Crippen LogP contribution in [0.15, 0.2) is 53.6 Å². The van der Waals surface area contributed by atoms with E-state index in [1.165, 1.54) is 10.9 Å². The quantitative estimate of drug-likeness (QED) is 0.674. The second kappa shape index (κ2) is 8.87. The van der Waals surface area contributed by atoms with Gasteiger partial charge in [-0.15, -0.1) is 0 Å². The highest BCUT2D eigenvalue weighted by Gasteiger charge is 2.14. The van der Waals surface area contributed by atoms with Gasteiger partial charge in [0.15, 0.2) is 0 Å². The normalized spacial score (nSPS) is 10.7. The van der Waals surface area contributed by atoms with Gasteiger partial charge < -0.3 is 10.2 Å². The van der Waals surface area contributed by atoms with Gasteiger partial charge in [0.2, 0.25) is 5.91 Å². The molecule has 0 unspecified atom stereocenters. The highest BCUT2D eigenvalue weighted by atomic mass is 35.5. The van der Waals surface area contributed by atoms with Crippen molar-refractivity contribution in [2.75, 3.05) is 18.4 Å². The Labute approximate surface area is 172 Å². The lowest BCUT2D eigenvalue weighted by molar-refractivity contribution is -0.116. The Hall–Kier alpha value is -3.19. The molecular weight excluding hydrogens is 392 g/mol. The zero-order chi connectivity index (χ0) is 21.0. The van der Waals surface area contributed by atoms with Crippen LogP contribution in [0.5, 0.6) is 0 Å². The maximum Gasteiger partial charge on any atom is 0.261 e. The number of aromatic nitrogens is 2. The Morgan fingerprint density at radius 2 is 1.90 bits per heavy atom. The minimum absolute atomic E-state index is 0.0975. The van der Waals surface area contributed by atoms with E-state index in [9.17, 15) is 14.4 Å². The smallest absolute Gasteiger partial charge is 0.261 e. The van der Waals surface area contributed by atoms with E-state index in [1.807, 2.05) is 13.8 Å². The van der Waals surface area contributed by atoms with E-state index in [-0.39, 0.29) is 18.0 Å². The molecule has 150 valence electrons. The Kier molecular flexibility index (Phi) is 6.29. The van der Waals surface area contributed by atoms with Crippen LogP contribution in [0.4, 0.5) is 5.69 Å². The van der Waals surface area contributed by atoms with Gasteiger partial charge in [-0.3, -0.25) is 19.0 Å². The number of benzene rings is 2. The van der Waals surface area contributed by atoms with Crippen LogP contribution >= 0.6 is 11.6 Å². The summed E-state index contributed by atoms with van der Waals surface area (Å²) in [6.07, 6.45) is 1.32. The molecule has 29 heavy (non-hydrogen) atoms. The molecule has 7 nitrogen and oxygen atoms in total. The number of anilines is 1. The Balaban J connectivity index is 1.76. The summed E-state index contributed by atoms with van der Waals surface area (Å²) in [6.45, 7) is 4.84. The van der Waals surface area contributed by atoms with E-state index in [0.29, 0.717) is 40.3 Å². The van der Waals surface area contributed by atoms with Gasteiger partial charge >= 0.3 is 0 Å². The molecule has 0 radical (unpaired) electrons. The number of nitrogens with one attached hydrogen (secondary N) is 1. The van der Waals surface area contributed by atoms with Gasteiger partial charge in [0.25, 0.3) is 11.5 Å². The molecule has 0 saturated heterocycles. The van der Waals surface area contributed by atoms with Gasteiger partial charge in [0.05, 0.1) is 17.2 Å². The van der Waals surface area contributed by atoms with E-state index in [1.54, 1.807) is 47.4 Å². The minimum atomic E-state index is -0.394. The molecule has 0 fully saturated rings. The topological polar surface area (TPSA) is 84.3 Å². The van der Waals surface area contributed by atoms with Crippen LogP contribution in [-0.2, 0) is 11.3 Å². The summed E-state index contributed by atoms with van der Waals surface area (Å²) < 4.78 is 1.23. The first-order chi connectivity index (χ1) is 13.9.